The van der Waals surface area contributed by atoms with E-state index in [1.807, 2.05) is 0 Å². The molecule has 1 heteroatoms. The van der Waals surface area contributed by atoms with Crippen LogP contribution in [0.5, 0.6) is 0 Å². The highest BCUT2D eigenvalue weighted by Gasteiger charge is 2.32. The third kappa shape index (κ3) is 1.76. The number of nitrogens with zero attached hydrogens (tertiary/aromatic N) is 1. The van der Waals surface area contributed by atoms with Gasteiger partial charge in [-0.3, -0.25) is 0 Å². The second-order valence-corrected chi connectivity index (χ2v) is 5.10. The summed E-state index contributed by atoms with van der Waals surface area (Å²) in [6, 6.07) is 19.9. The fraction of sp³-hybridized carbons (Fsp3) is 0.235. The van der Waals surface area contributed by atoms with E-state index in [1.54, 1.807) is 0 Å². The van der Waals surface area contributed by atoms with Crippen LogP contribution in [-0.4, -0.2) is 16.8 Å². The summed E-state index contributed by atoms with van der Waals surface area (Å²) in [5.41, 5.74) is 4.13. The van der Waals surface area contributed by atoms with Crippen molar-refractivity contribution in [2.45, 2.75) is 25.8 Å². The highest BCUT2D eigenvalue weighted by atomic mass is 15.1. The molecule has 0 N–H and O–H groups in total. The van der Waals surface area contributed by atoms with Crippen LogP contribution in [0, 0.1) is 0 Å². The van der Waals surface area contributed by atoms with E-state index in [0.717, 1.165) is 0 Å². The van der Waals surface area contributed by atoms with Crippen LogP contribution < -0.4 is 0 Å². The number of fused-ring (bicyclic) bond motifs is 1. The van der Waals surface area contributed by atoms with Crippen LogP contribution in [-0.2, 0) is 0 Å². The molecule has 1 unspecified atom stereocenters. The minimum Gasteiger partial charge on any atom is -0.199 e. The summed E-state index contributed by atoms with van der Waals surface area (Å²) in [6.07, 6.45) is 2.35. The molecule has 0 amide bonds. The van der Waals surface area contributed by atoms with Gasteiger partial charge in [0.1, 0.15) is 0 Å². The van der Waals surface area contributed by atoms with Gasteiger partial charge in [-0.05, 0) is 19.4 Å². The Bertz CT molecular complexity index is 582. The van der Waals surface area contributed by atoms with Crippen molar-refractivity contribution in [1.82, 2.24) is 0 Å². The molecule has 0 saturated carbocycles. The van der Waals surface area contributed by atoms with E-state index in [0.29, 0.717) is 12.0 Å². The Kier molecular flexibility index (Phi) is 2.75. The lowest BCUT2D eigenvalue weighted by Gasteiger charge is -2.05. The lowest BCUT2D eigenvalue weighted by atomic mass is 9.93. The van der Waals surface area contributed by atoms with Gasteiger partial charge < -0.3 is 0 Å². The van der Waals surface area contributed by atoms with Crippen molar-refractivity contribution in [3.05, 3.63) is 65.7 Å². The molecule has 0 bridgehead atoms. The van der Waals surface area contributed by atoms with Crippen molar-refractivity contribution >= 4 is 11.9 Å². The van der Waals surface area contributed by atoms with Gasteiger partial charge >= 0.3 is 0 Å². The first-order chi connectivity index (χ1) is 8.77. The number of rotatable bonds is 2. The fourth-order valence-corrected chi connectivity index (χ4v) is 2.68. The smallest absolute Gasteiger partial charge is 0.199 e. The molecule has 0 saturated heterocycles. The zero-order valence-corrected chi connectivity index (χ0v) is 10.9. The molecule has 1 heterocycles. The largest absolute Gasteiger partial charge is 0.209 e. The molecular weight excluding hydrogens is 218 g/mol. The molecule has 0 fully saturated rings. The van der Waals surface area contributed by atoms with E-state index in [-0.39, 0.29) is 0 Å². The molecule has 18 heavy (non-hydrogen) atoms. The fourth-order valence-electron chi connectivity index (χ4n) is 2.68. The van der Waals surface area contributed by atoms with E-state index in [4.69, 9.17) is 0 Å². The van der Waals surface area contributed by atoms with Gasteiger partial charge in [0.25, 0.3) is 0 Å². The zero-order chi connectivity index (χ0) is 12.5. The van der Waals surface area contributed by atoms with Crippen molar-refractivity contribution in [3.8, 4) is 0 Å². The van der Waals surface area contributed by atoms with Gasteiger partial charge in [-0.15, -0.1) is 0 Å². The second kappa shape index (κ2) is 4.41. The molecule has 1 atom stereocenters. The van der Waals surface area contributed by atoms with E-state index in [1.165, 1.54) is 16.8 Å². The number of hydrogen-bond donors (Lipinski definition) is 0. The Morgan fingerprint density at radius 3 is 2.28 bits per heavy atom. The first kappa shape index (κ1) is 11.2. The van der Waals surface area contributed by atoms with Crippen molar-refractivity contribution in [2.24, 2.45) is 0 Å². The molecule has 0 aromatic heterocycles. The Morgan fingerprint density at radius 1 is 0.889 bits per heavy atom. The van der Waals surface area contributed by atoms with Crippen LogP contribution in [0.25, 0.3) is 0 Å². The summed E-state index contributed by atoms with van der Waals surface area (Å²) >= 11 is 0. The third-order valence-electron chi connectivity index (χ3n) is 3.57. The first-order valence-electron chi connectivity index (χ1n) is 6.54. The van der Waals surface area contributed by atoms with E-state index in [2.05, 4.69) is 79.2 Å². The summed E-state index contributed by atoms with van der Waals surface area (Å²) in [4.78, 5) is 0. The predicted octanol–water partition coefficient (Wildman–Crippen LogP) is 3.96. The van der Waals surface area contributed by atoms with E-state index < -0.39 is 0 Å². The maximum absolute atomic E-state index is 2.38. The topological polar surface area (TPSA) is 3.01 Å². The summed E-state index contributed by atoms with van der Waals surface area (Å²) in [5, 5.41) is 0. The summed E-state index contributed by atoms with van der Waals surface area (Å²) < 4.78 is 2.38. The van der Waals surface area contributed by atoms with Crippen molar-refractivity contribution in [1.29, 1.82) is 0 Å². The second-order valence-electron chi connectivity index (χ2n) is 5.10. The maximum atomic E-state index is 2.38. The van der Waals surface area contributed by atoms with Gasteiger partial charge in [0.2, 0.25) is 5.69 Å². The molecule has 0 aliphatic carbocycles. The molecular formula is C17H18N+. The summed E-state index contributed by atoms with van der Waals surface area (Å²) in [7, 11) is 0. The van der Waals surface area contributed by atoms with Crippen LogP contribution in [0.4, 0.5) is 5.69 Å². The third-order valence-corrected chi connectivity index (χ3v) is 3.57. The SMILES string of the molecule is CC(C)[N+]1=CC(c2ccccc2)c2ccccc21. The quantitative estimate of drug-likeness (QED) is 0.694. The number of hydrogen-bond acceptors (Lipinski definition) is 0. The maximum Gasteiger partial charge on any atom is 0.209 e. The van der Waals surface area contributed by atoms with Crippen LogP contribution in [0.15, 0.2) is 54.6 Å². The van der Waals surface area contributed by atoms with Crippen LogP contribution >= 0.6 is 0 Å². The Labute approximate surface area is 108 Å². The highest BCUT2D eigenvalue weighted by Crippen LogP contribution is 2.36. The molecule has 3 rings (SSSR count). The minimum absolute atomic E-state index is 0.393. The van der Waals surface area contributed by atoms with Gasteiger partial charge in [-0.1, -0.05) is 48.5 Å². The Hall–Kier alpha value is -1.89. The number of benzene rings is 2. The average Bonchev–Trinajstić information content (AvgIpc) is 2.79. The Morgan fingerprint density at radius 2 is 1.56 bits per heavy atom. The zero-order valence-electron chi connectivity index (χ0n) is 10.9. The molecule has 2 aromatic carbocycles. The van der Waals surface area contributed by atoms with Gasteiger partial charge in [-0.2, -0.15) is 4.58 Å². The molecule has 1 aliphatic rings. The van der Waals surface area contributed by atoms with Crippen molar-refractivity contribution in [2.75, 3.05) is 0 Å². The normalized spacial score (nSPS) is 17.7. The van der Waals surface area contributed by atoms with Crippen LogP contribution in [0.1, 0.15) is 30.9 Å². The van der Waals surface area contributed by atoms with Crippen LogP contribution in [0.3, 0.4) is 0 Å². The van der Waals surface area contributed by atoms with Gasteiger partial charge in [-0.25, -0.2) is 0 Å². The molecule has 2 aromatic rings. The average molecular weight is 236 g/mol. The first-order valence-corrected chi connectivity index (χ1v) is 6.54. The molecule has 0 radical (unpaired) electrons. The molecule has 1 aliphatic heterocycles. The number of para-hydroxylation sites is 1. The lowest BCUT2D eigenvalue weighted by molar-refractivity contribution is -0.468. The highest BCUT2D eigenvalue weighted by molar-refractivity contribution is 5.77. The predicted molar refractivity (Wildman–Crippen MR) is 75.8 cm³/mol. The van der Waals surface area contributed by atoms with Crippen LogP contribution in [0.2, 0.25) is 0 Å². The van der Waals surface area contributed by atoms with E-state index >= 15 is 0 Å². The molecule has 0 spiro atoms. The minimum atomic E-state index is 0.393. The lowest BCUT2D eigenvalue weighted by Crippen LogP contribution is -2.13. The van der Waals surface area contributed by atoms with Crippen molar-refractivity contribution < 1.29 is 4.58 Å². The Balaban J connectivity index is 2.13. The standard InChI is InChI=1S/C17H18N/c1-13(2)18-12-16(14-8-4-3-5-9-14)15-10-6-7-11-17(15)18/h3-13,16H,1-2H3/q+1. The monoisotopic (exact) mass is 236 g/mol. The van der Waals surface area contributed by atoms with Crippen molar-refractivity contribution in [3.63, 3.8) is 0 Å². The van der Waals surface area contributed by atoms with Gasteiger partial charge in [0.05, 0.1) is 5.92 Å². The van der Waals surface area contributed by atoms with Gasteiger partial charge in [0, 0.05) is 11.6 Å². The van der Waals surface area contributed by atoms with E-state index in [9.17, 15) is 0 Å². The molecule has 90 valence electrons. The molecule has 1 nitrogen and oxygen atoms in total. The summed E-state index contributed by atoms with van der Waals surface area (Å²) in [6.45, 7) is 4.47. The summed E-state index contributed by atoms with van der Waals surface area (Å²) in [5.74, 6) is 0.393. The van der Waals surface area contributed by atoms with Gasteiger partial charge in [0.15, 0.2) is 12.3 Å².